The maximum absolute atomic E-state index is 12.6. The quantitative estimate of drug-likeness (QED) is 0.741. The maximum atomic E-state index is 12.6. The molecule has 1 unspecified atom stereocenters. The largest absolute Gasteiger partial charge is 0.494 e. The number of amides is 1. The van der Waals surface area contributed by atoms with Crippen LogP contribution in [0.3, 0.4) is 0 Å². The van der Waals surface area contributed by atoms with E-state index in [1.807, 2.05) is 36.1 Å². The van der Waals surface area contributed by atoms with Crippen LogP contribution in [0.5, 0.6) is 5.75 Å². The van der Waals surface area contributed by atoms with E-state index in [0.717, 1.165) is 43.7 Å². The number of carbonyl (C=O) groups is 1. The molecule has 0 bridgehead atoms. The Morgan fingerprint density at radius 1 is 1.07 bits per heavy atom. The van der Waals surface area contributed by atoms with Crippen molar-refractivity contribution in [3.05, 3.63) is 29.8 Å². The second-order valence-corrected chi connectivity index (χ2v) is 9.62. The van der Waals surface area contributed by atoms with Crippen molar-refractivity contribution in [3.8, 4) is 5.75 Å². The highest BCUT2D eigenvalue weighted by Gasteiger charge is 2.35. The number of sulfonamides is 1. The summed E-state index contributed by atoms with van der Waals surface area (Å²) in [5, 5.41) is 0. The molecule has 1 amide bonds. The van der Waals surface area contributed by atoms with E-state index in [-0.39, 0.29) is 5.91 Å². The van der Waals surface area contributed by atoms with Crippen LogP contribution >= 0.6 is 0 Å². The summed E-state index contributed by atoms with van der Waals surface area (Å²) < 4.78 is 30.3. The van der Waals surface area contributed by atoms with E-state index in [9.17, 15) is 13.2 Å². The van der Waals surface area contributed by atoms with Crippen LogP contribution in [-0.2, 0) is 21.2 Å². The van der Waals surface area contributed by atoms with E-state index in [0.29, 0.717) is 38.0 Å². The Balaban J connectivity index is 1.48. The standard InChI is InChI=1S/C20H30N2O4S/c1-3-26-19-6-4-16(5-7-19)14-20(23)21-11-8-18(15-21)17-9-12-22(13-10-17)27(2,24)25/h4-7,17-18H,3,8-15H2,1-2H3. The van der Waals surface area contributed by atoms with Gasteiger partial charge in [0, 0.05) is 26.2 Å². The highest BCUT2D eigenvalue weighted by Crippen LogP contribution is 2.32. The summed E-state index contributed by atoms with van der Waals surface area (Å²) in [5.74, 6) is 2.02. The minimum Gasteiger partial charge on any atom is -0.494 e. The number of benzene rings is 1. The highest BCUT2D eigenvalue weighted by atomic mass is 32.2. The lowest BCUT2D eigenvalue weighted by atomic mass is 9.84. The Labute approximate surface area is 162 Å². The number of hydrogen-bond acceptors (Lipinski definition) is 4. The topological polar surface area (TPSA) is 66.9 Å². The molecule has 2 saturated heterocycles. The van der Waals surface area contributed by atoms with Gasteiger partial charge in [-0.1, -0.05) is 12.1 Å². The average Bonchev–Trinajstić information content (AvgIpc) is 3.13. The lowest BCUT2D eigenvalue weighted by Crippen LogP contribution is -2.40. The van der Waals surface area contributed by atoms with Crippen LogP contribution in [0, 0.1) is 11.8 Å². The van der Waals surface area contributed by atoms with E-state index < -0.39 is 10.0 Å². The first-order chi connectivity index (χ1) is 12.9. The fourth-order valence-electron chi connectivity index (χ4n) is 4.23. The van der Waals surface area contributed by atoms with Crippen molar-refractivity contribution in [2.45, 2.75) is 32.6 Å². The van der Waals surface area contributed by atoms with Crippen molar-refractivity contribution < 1.29 is 17.9 Å². The predicted molar refractivity (Wildman–Crippen MR) is 105 cm³/mol. The fourth-order valence-corrected chi connectivity index (χ4v) is 5.11. The molecule has 0 aliphatic carbocycles. The zero-order valence-electron chi connectivity index (χ0n) is 16.3. The lowest BCUT2D eigenvalue weighted by molar-refractivity contribution is -0.129. The monoisotopic (exact) mass is 394 g/mol. The minimum absolute atomic E-state index is 0.176. The van der Waals surface area contributed by atoms with E-state index in [2.05, 4.69) is 0 Å². The van der Waals surface area contributed by atoms with Gasteiger partial charge in [-0.05, 0) is 55.7 Å². The van der Waals surface area contributed by atoms with Crippen molar-refractivity contribution in [2.75, 3.05) is 39.0 Å². The number of likely N-dealkylation sites (tertiary alicyclic amines) is 1. The van der Waals surface area contributed by atoms with Gasteiger partial charge in [-0.15, -0.1) is 0 Å². The maximum Gasteiger partial charge on any atom is 0.226 e. The van der Waals surface area contributed by atoms with Gasteiger partial charge in [-0.3, -0.25) is 4.79 Å². The van der Waals surface area contributed by atoms with Gasteiger partial charge in [0.25, 0.3) is 0 Å². The first-order valence-electron chi connectivity index (χ1n) is 9.81. The van der Waals surface area contributed by atoms with Crippen molar-refractivity contribution in [1.82, 2.24) is 9.21 Å². The van der Waals surface area contributed by atoms with Gasteiger partial charge < -0.3 is 9.64 Å². The highest BCUT2D eigenvalue weighted by molar-refractivity contribution is 7.88. The Hall–Kier alpha value is -1.60. The summed E-state index contributed by atoms with van der Waals surface area (Å²) in [4.78, 5) is 14.6. The molecule has 3 rings (SSSR count). The molecule has 0 radical (unpaired) electrons. The SMILES string of the molecule is CCOc1ccc(CC(=O)N2CCC(C3CCN(S(C)(=O)=O)CC3)C2)cc1. The Morgan fingerprint density at radius 3 is 2.30 bits per heavy atom. The second kappa shape index (κ2) is 8.61. The van der Waals surface area contributed by atoms with Crippen LogP contribution in [0.15, 0.2) is 24.3 Å². The number of ether oxygens (including phenoxy) is 1. The van der Waals surface area contributed by atoms with Crippen molar-refractivity contribution in [2.24, 2.45) is 11.8 Å². The molecule has 0 N–H and O–H groups in total. The third-order valence-electron chi connectivity index (χ3n) is 5.80. The van der Waals surface area contributed by atoms with Gasteiger partial charge in [-0.2, -0.15) is 0 Å². The zero-order chi connectivity index (χ0) is 19.4. The molecule has 7 heteroatoms. The Bertz CT molecular complexity index is 740. The van der Waals surface area contributed by atoms with Gasteiger partial charge in [0.1, 0.15) is 5.75 Å². The molecule has 1 atom stereocenters. The molecular weight excluding hydrogens is 364 g/mol. The molecule has 0 saturated carbocycles. The van der Waals surface area contributed by atoms with Gasteiger partial charge in [0.05, 0.1) is 19.3 Å². The molecule has 0 spiro atoms. The number of piperidine rings is 1. The zero-order valence-corrected chi connectivity index (χ0v) is 17.1. The Kier molecular flexibility index (Phi) is 6.42. The summed E-state index contributed by atoms with van der Waals surface area (Å²) in [6.45, 7) is 5.43. The molecule has 1 aromatic carbocycles. The number of rotatable bonds is 6. The first kappa shape index (κ1) is 20.1. The molecule has 6 nitrogen and oxygen atoms in total. The molecule has 2 fully saturated rings. The molecule has 150 valence electrons. The molecule has 2 heterocycles. The van der Waals surface area contributed by atoms with Gasteiger partial charge in [0.15, 0.2) is 0 Å². The fraction of sp³-hybridized carbons (Fsp3) is 0.650. The molecular formula is C20H30N2O4S. The minimum atomic E-state index is -3.08. The molecule has 0 aromatic heterocycles. The van der Waals surface area contributed by atoms with Gasteiger partial charge in [-0.25, -0.2) is 12.7 Å². The Morgan fingerprint density at radius 2 is 1.70 bits per heavy atom. The smallest absolute Gasteiger partial charge is 0.226 e. The van der Waals surface area contributed by atoms with E-state index in [1.165, 1.54) is 6.26 Å². The average molecular weight is 395 g/mol. The van der Waals surface area contributed by atoms with Crippen LogP contribution in [0.25, 0.3) is 0 Å². The summed E-state index contributed by atoms with van der Waals surface area (Å²) >= 11 is 0. The summed E-state index contributed by atoms with van der Waals surface area (Å²) in [7, 11) is -3.08. The first-order valence-corrected chi connectivity index (χ1v) is 11.7. The van der Waals surface area contributed by atoms with Crippen molar-refractivity contribution in [3.63, 3.8) is 0 Å². The molecule has 2 aliphatic rings. The summed E-state index contributed by atoms with van der Waals surface area (Å²) in [5.41, 5.74) is 1.01. The molecule has 2 aliphatic heterocycles. The van der Waals surface area contributed by atoms with Crippen LogP contribution in [0.2, 0.25) is 0 Å². The van der Waals surface area contributed by atoms with Crippen LogP contribution in [0.4, 0.5) is 0 Å². The summed E-state index contributed by atoms with van der Waals surface area (Å²) in [6.07, 6.45) is 4.53. The van der Waals surface area contributed by atoms with Crippen molar-refractivity contribution in [1.29, 1.82) is 0 Å². The van der Waals surface area contributed by atoms with Gasteiger partial charge >= 0.3 is 0 Å². The number of nitrogens with zero attached hydrogens (tertiary/aromatic N) is 2. The number of carbonyl (C=O) groups excluding carboxylic acids is 1. The van der Waals surface area contributed by atoms with E-state index >= 15 is 0 Å². The second-order valence-electron chi connectivity index (χ2n) is 7.64. The van der Waals surface area contributed by atoms with E-state index in [1.54, 1.807) is 4.31 Å². The lowest BCUT2D eigenvalue weighted by Gasteiger charge is -2.33. The third-order valence-corrected chi connectivity index (χ3v) is 7.10. The third kappa shape index (κ3) is 5.23. The summed E-state index contributed by atoms with van der Waals surface area (Å²) in [6, 6.07) is 7.73. The van der Waals surface area contributed by atoms with Crippen molar-refractivity contribution >= 4 is 15.9 Å². The van der Waals surface area contributed by atoms with Crippen LogP contribution < -0.4 is 4.74 Å². The van der Waals surface area contributed by atoms with Gasteiger partial charge in [0.2, 0.25) is 15.9 Å². The van der Waals surface area contributed by atoms with E-state index in [4.69, 9.17) is 4.74 Å². The number of hydrogen-bond donors (Lipinski definition) is 0. The molecule has 27 heavy (non-hydrogen) atoms. The normalized spacial score (nSPS) is 22.1. The van der Waals surface area contributed by atoms with Crippen LogP contribution in [0.1, 0.15) is 31.7 Å². The molecule has 1 aromatic rings. The predicted octanol–water partition coefficient (Wildman–Crippen LogP) is 2.15. The van der Waals surface area contributed by atoms with Crippen LogP contribution in [-0.4, -0.2) is 62.6 Å².